The van der Waals surface area contributed by atoms with E-state index in [0.29, 0.717) is 41.5 Å². The molecule has 0 N–H and O–H groups in total. The van der Waals surface area contributed by atoms with Crippen LogP contribution in [-0.4, -0.2) is 45.1 Å². The maximum atomic E-state index is 12.9. The normalized spacial score (nSPS) is 18.6. The fraction of sp³-hybridized carbons (Fsp3) is 0.375. The van der Waals surface area contributed by atoms with Crippen LogP contribution in [0.5, 0.6) is 17.2 Å². The lowest BCUT2D eigenvalue weighted by Gasteiger charge is -2.30. The third-order valence-electron chi connectivity index (χ3n) is 5.93. The molecule has 0 bridgehead atoms. The van der Waals surface area contributed by atoms with E-state index in [1.165, 1.54) is 0 Å². The first kappa shape index (κ1) is 19.9. The minimum atomic E-state index is -0.399. The highest BCUT2D eigenvalue weighted by molar-refractivity contribution is 5.86. The number of ether oxygens (including phenoxy) is 4. The van der Waals surface area contributed by atoms with E-state index in [0.717, 1.165) is 42.7 Å². The van der Waals surface area contributed by atoms with Crippen LogP contribution in [0.1, 0.15) is 18.4 Å². The van der Waals surface area contributed by atoms with Gasteiger partial charge in [-0.1, -0.05) is 6.07 Å². The lowest BCUT2D eigenvalue weighted by atomic mass is 10.0. The fourth-order valence-corrected chi connectivity index (χ4v) is 4.34. The SMILES string of the molecule is COc1ccc(-c2cc3ccc4c(c3oc2=O)CN(CC2CCCO2)CO4)cc1OC. The highest BCUT2D eigenvalue weighted by Gasteiger charge is 2.26. The minimum Gasteiger partial charge on any atom is -0.493 e. The third kappa shape index (κ3) is 3.75. The quantitative estimate of drug-likeness (QED) is 0.578. The third-order valence-corrected chi connectivity index (χ3v) is 5.93. The van der Waals surface area contributed by atoms with Crippen LogP contribution in [0.4, 0.5) is 0 Å². The predicted octanol–water partition coefficient (Wildman–Crippen LogP) is 3.81. The van der Waals surface area contributed by atoms with Gasteiger partial charge in [-0.3, -0.25) is 4.90 Å². The van der Waals surface area contributed by atoms with E-state index >= 15 is 0 Å². The van der Waals surface area contributed by atoms with Gasteiger partial charge in [0.15, 0.2) is 11.5 Å². The molecule has 162 valence electrons. The molecule has 0 radical (unpaired) electrons. The first-order valence-electron chi connectivity index (χ1n) is 10.4. The van der Waals surface area contributed by atoms with Crippen molar-refractivity contribution in [2.75, 3.05) is 34.1 Å². The Morgan fingerprint density at radius 1 is 1.10 bits per heavy atom. The van der Waals surface area contributed by atoms with Crippen molar-refractivity contribution in [3.8, 4) is 28.4 Å². The molecule has 1 atom stereocenters. The molecule has 2 aliphatic heterocycles. The Bertz CT molecular complexity index is 1160. The lowest BCUT2D eigenvalue weighted by molar-refractivity contribution is 0.0281. The average Bonchev–Trinajstić information content (AvgIpc) is 3.31. The summed E-state index contributed by atoms with van der Waals surface area (Å²) in [5.41, 5.74) is 2.26. The standard InChI is InChI=1S/C24H25NO6/c1-27-21-8-5-15(11-22(21)28-2)18-10-16-6-7-20-19(23(16)31-24(18)26)13-25(14-30-20)12-17-4-3-9-29-17/h5-8,10-11,17H,3-4,9,12-14H2,1-2H3. The molecule has 5 rings (SSSR count). The molecule has 1 unspecified atom stereocenters. The molecule has 0 amide bonds. The van der Waals surface area contributed by atoms with Gasteiger partial charge in [-0.05, 0) is 48.7 Å². The number of fused-ring (bicyclic) bond motifs is 3. The Labute approximate surface area is 180 Å². The van der Waals surface area contributed by atoms with Crippen molar-refractivity contribution in [1.82, 2.24) is 4.90 Å². The molecule has 1 saturated heterocycles. The van der Waals surface area contributed by atoms with E-state index < -0.39 is 5.63 Å². The molecule has 1 fully saturated rings. The first-order chi connectivity index (χ1) is 15.2. The van der Waals surface area contributed by atoms with Gasteiger partial charge in [0.1, 0.15) is 18.1 Å². The number of nitrogens with zero attached hydrogens (tertiary/aromatic N) is 1. The summed E-state index contributed by atoms with van der Waals surface area (Å²) in [7, 11) is 3.15. The Hall–Kier alpha value is -3.03. The van der Waals surface area contributed by atoms with E-state index in [2.05, 4.69) is 4.90 Å². The van der Waals surface area contributed by atoms with Gasteiger partial charge in [0.25, 0.3) is 0 Å². The van der Waals surface area contributed by atoms with Crippen molar-refractivity contribution in [3.05, 3.63) is 52.4 Å². The van der Waals surface area contributed by atoms with Crippen LogP contribution in [0.3, 0.4) is 0 Å². The largest absolute Gasteiger partial charge is 0.493 e. The van der Waals surface area contributed by atoms with Crippen molar-refractivity contribution in [3.63, 3.8) is 0 Å². The molecule has 1 aromatic heterocycles. The predicted molar refractivity (Wildman–Crippen MR) is 116 cm³/mol. The molecule has 0 aliphatic carbocycles. The second-order valence-electron chi connectivity index (χ2n) is 7.90. The summed E-state index contributed by atoms with van der Waals surface area (Å²) >= 11 is 0. The van der Waals surface area contributed by atoms with E-state index in [9.17, 15) is 4.79 Å². The Kier molecular flexibility index (Phi) is 5.29. The van der Waals surface area contributed by atoms with Gasteiger partial charge in [-0.25, -0.2) is 4.79 Å². The molecule has 7 heteroatoms. The van der Waals surface area contributed by atoms with Gasteiger partial charge in [-0.15, -0.1) is 0 Å². The number of hydrogen-bond donors (Lipinski definition) is 0. The molecular weight excluding hydrogens is 398 g/mol. The van der Waals surface area contributed by atoms with Crippen molar-refractivity contribution in [2.45, 2.75) is 25.5 Å². The molecule has 7 nitrogen and oxygen atoms in total. The highest BCUT2D eigenvalue weighted by atomic mass is 16.5. The zero-order valence-electron chi connectivity index (χ0n) is 17.7. The Morgan fingerprint density at radius 3 is 2.74 bits per heavy atom. The topological polar surface area (TPSA) is 70.4 Å². The maximum absolute atomic E-state index is 12.9. The molecule has 0 spiro atoms. The molecular formula is C24H25NO6. The van der Waals surface area contributed by atoms with E-state index in [-0.39, 0.29) is 6.10 Å². The monoisotopic (exact) mass is 423 g/mol. The second-order valence-corrected chi connectivity index (χ2v) is 7.90. The summed E-state index contributed by atoms with van der Waals surface area (Å²) in [5, 5.41) is 0.853. The lowest BCUT2D eigenvalue weighted by Crippen LogP contribution is -2.37. The Balaban J connectivity index is 1.51. The number of hydrogen-bond acceptors (Lipinski definition) is 7. The molecule has 3 aromatic rings. The van der Waals surface area contributed by atoms with Gasteiger partial charge < -0.3 is 23.4 Å². The summed E-state index contributed by atoms with van der Waals surface area (Å²) in [6.07, 6.45) is 2.42. The van der Waals surface area contributed by atoms with Crippen molar-refractivity contribution >= 4 is 11.0 Å². The number of methoxy groups -OCH3 is 2. The first-order valence-corrected chi connectivity index (χ1v) is 10.4. The smallest absolute Gasteiger partial charge is 0.344 e. The number of benzene rings is 2. The van der Waals surface area contributed by atoms with Gasteiger partial charge in [0.05, 0.1) is 31.5 Å². The number of rotatable bonds is 5. The molecule has 2 aliphatic rings. The van der Waals surface area contributed by atoms with Crippen LogP contribution in [0.2, 0.25) is 0 Å². The van der Waals surface area contributed by atoms with E-state index in [1.54, 1.807) is 26.4 Å². The fourth-order valence-electron chi connectivity index (χ4n) is 4.34. The second kappa shape index (κ2) is 8.24. The van der Waals surface area contributed by atoms with Gasteiger partial charge in [-0.2, -0.15) is 0 Å². The van der Waals surface area contributed by atoms with Crippen LogP contribution < -0.4 is 19.8 Å². The van der Waals surface area contributed by atoms with E-state index in [4.69, 9.17) is 23.4 Å². The molecule has 0 saturated carbocycles. The van der Waals surface area contributed by atoms with Gasteiger partial charge in [0.2, 0.25) is 0 Å². The highest BCUT2D eigenvalue weighted by Crippen LogP contribution is 2.35. The molecule has 3 heterocycles. The molecule has 31 heavy (non-hydrogen) atoms. The minimum absolute atomic E-state index is 0.240. The maximum Gasteiger partial charge on any atom is 0.344 e. The van der Waals surface area contributed by atoms with Crippen LogP contribution in [0, 0.1) is 0 Å². The Morgan fingerprint density at radius 2 is 1.97 bits per heavy atom. The van der Waals surface area contributed by atoms with Crippen LogP contribution in [0.15, 0.2) is 45.6 Å². The van der Waals surface area contributed by atoms with Gasteiger partial charge in [0, 0.05) is 25.1 Å². The van der Waals surface area contributed by atoms with Crippen LogP contribution in [0.25, 0.3) is 22.1 Å². The van der Waals surface area contributed by atoms with Gasteiger partial charge >= 0.3 is 5.63 Å². The summed E-state index contributed by atoms with van der Waals surface area (Å²) in [6.45, 7) is 2.80. The summed E-state index contributed by atoms with van der Waals surface area (Å²) < 4.78 is 28.2. The average molecular weight is 423 g/mol. The van der Waals surface area contributed by atoms with Crippen LogP contribution >= 0.6 is 0 Å². The zero-order valence-corrected chi connectivity index (χ0v) is 17.7. The molecule has 2 aromatic carbocycles. The summed E-state index contributed by atoms with van der Waals surface area (Å²) in [6, 6.07) is 11.1. The van der Waals surface area contributed by atoms with Crippen LogP contribution in [-0.2, 0) is 11.3 Å². The van der Waals surface area contributed by atoms with E-state index in [1.807, 2.05) is 24.3 Å². The summed E-state index contributed by atoms with van der Waals surface area (Å²) in [4.78, 5) is 15.1. The van der Waals surface area contributed by atoms with Crippen molar-refractivity contribution in [1.29, 1.82) is 0 Å². The van der Waals surface area contributed by atoms with Crippen molar-refractivity contribution < 1.29 is 23.4 Å². The van der Waals surface area contributed by atoms with Crippen molar-refractivity contribution in [2.24, 2.45) is 0 Å². The zero-order chi connectivity index (χ0) is 21.4. The summed E-state index contributed by atoms with van der Waals surface area (Å²) in [5.74, 6) is 1.93.